The molecule has 0 amide bonds. The van der Waals surface area contributed by atoms with E-state index >= 15 is 0 Å². The first-order valence-corrected chi connectivity index (χ1v) is 16.3. The Morgan fingerprint density at radius 3 is 1.44 bits per heavy atom. The molecule has 1 aromatic heterocycles. The van der Waals surface area contributed by atoms with Crippen LogP contribution in [-0.2, 0) is 0 Å². The van der Waals surface area contributed by atoms with Crippen molar-refractivity contribution in [2.24, 2.45) is 0 Å². The maximum atomic E-state index is 2.43. The SMILES string of the molecule is c1ccc2c(c1)ccc1cc(-c3c4ccccc4c(-c4ccc5sc6c7ccccc7ccc6c5c4)c4ccccc34)ccc12. The van der Waals surface area contributed by atoms with Gasteiger partial charge in [0.15, 0.2) is 0 Å². The van der Waals surface area contributed by atoms with E-state index < -0.39 is 0 Å². The highest BCUT2D eigenvalue weighted by Crippen LogP contribution is 2.46. The van der Waals surface area contributed by atoms with E-state index in [9.17, 15) is 0 Å². The summed E-state index contributed by atoms with van der Waals surface area (Å²) in [5, 5.41) is 15.6. The third-order valence-corrected chi connectivity index (χ3v) is 10.8. The standard InChI is InChI=1S/C44H26S/c1-3-11-32-27(9-1)17-18-29-25-30(20-22-33(29)32)42-35-13-5-7-15-37(35)43(38-16-8-6-14-36(38)42)31-21-24-41-40(26-31)39-23-19-28-10-2-4-12-34(28)44(39)45-41/h1-26H. The molecule has 0 saturated carbocycles. The van der Waals surface area contributed by atoms with Gasteiger partial charge in [-0.3, -0.25) is 0 Å². The summed E-state index contributed by atoms with van der Waals surface area (Å²) in [6.07, 6.45) is 0. The molecule has 0 bridgehead atoms. The van der Waals surface area contributed by atoms with Crippen molar-refractivity contribution in [2.45, 2.75) is 0 Å². The van der Waals surface area contributed by atoms with E-state index in [0.717, 1.165) is 0 Å². The summed E-state index contributed by atoms with van der Waals surface area (Å²) in [4.78, 5) is 0. The first-order chi connectivity index (χ1) is 22.3. The molecule has 1 heteroatoms. The van der Waals surface area contributed by atoms with Crippen LogP contribution in [0.25, 0.3) is 96.3 Å². The van der Waals surface area contributed by atoms with Gasteiger partial charge in [-0.25, -0.2) is 0 Å². The monoisotopic (exact) mass is 586 g/mol. The van der Waals surface area contributed by atoms with E-state index in [0.29, 0.717) is 0 Å². The van der Waals surface area contributed by atoms with Crippen LogP contribution in [0, 0.1) is 0 Å². The first kappa shape index (κ1) is 24.9. The maximum absolute atomic E-state index is 2.43. The second-order valence-corrected chi connectivity index (χ2v) is 13.1. The van der Waals surface area contributed by atoms with Gasteiger partial charge in [-0.15, -0.1) is 11.3 Å². The van der Waals surface area contributed by atoms with Crippen LogP contribution in [0.3, 0.4) is 0 Å². The van der Waals surface area contributed by atoms with Crippen LogP contribution in [0.15, 0.2) is 158 Å². The minimum Gasteiger partial charge on any atom is -0.135 e. The normalized spacial score (nSPS) is 12.0. The number of hydrogen-bond acceptors (Lipinski definition) is 1. The van der Waals surface area contributed by atoms with Crippen LogP contribution >= 0.6 is 11.3 Å². The molecule has 0 aliphatic rings. The predicted molar refractivity (Wildman–Crippen MR) is 198 cm³/mol. The van der Waals surface area contributed by atoms with Crippen molar-refractivity contribution in [3.05, 3.63) is 158 Å². The highest BCUT2D eigenvalue weighted by atomic mass is 32.1. The molecule has 0 N–H and O–H groups in total. The van der Waals surface area contributed by atoms with E-state index in [1.807, 2.05) is 11.3 Å². The maximum Gasteiger partial charge on any atom is 0.0433 e. The molecule has 0 nitrogen and oxygen atoms in total. The number of hydrogen-bond donors (Lipinski definition) is 0. The first-order valence-electron chi connectivity index (χ1n) is 15.5. The van der Waals surface area contributed by atoms with Crippen molar-refractivity contribution in [3.8, 4) is 22.3 Å². The van der Waals surface area contributed by atoms with Gasteiger partial charge in [-0.05, 0) is 94.3 Å². The van der Waals surface area contributed by atoms with Gasteiger partial charge in [0, 0.05) is 20.2 Å². The van der Waals surface area contributed by atoms with E-state index in [2.05, 4.69) is 158 Å². The second-order valence-electron chi connectivity index (χ2n) is 12.0. The van der Waals surface area contributed by atoms with Crippen molar-refractivity contribution in [2.75, 3.05) is 0 Å². The minimum absolute atomic E-state index is 1.25. The summed E-state index contributed by atoms with van der Waals surface area (Å²) in [5.74, 6) is 0. The Morgan fingerprint density at radius 1 is 0.289 bits per heavy atom. The molecule has 9 aromatic carbocycles. The molecule has 0 fully saturated rings. The molecular weight excluding hydrogens is 561 g/mol. The third-order valence-electron chi connectivity index (χ3n) is 9.62. The lowest BCUT2D eigenvalue weighted by Crippen LogP contribution is -1.91. The van der Waals surface area contributed by atoms with Crippen molar-refractivity contribution < 1.29 is 0 Å². The quantitative estimate of drug-likeness (QED) is 0.140. The number of benzene rings is 9. The van der Waals surface area contributed by atoms with Crippen molar-refractivity contribution in [1.29, 1.82) is 0 Å². The highest BCUT2D eigenvalue weighted by molar-refractivity contribution is 7.26. The van der Waals surface area contributed by atoms with Crippen LogP contribution in [0.2, 0.25) is 0 Å². The van der Waals surface area contributed by atoms with Gasteiger partial charge in [0.25, 0.3) is 0 Å². The summed E-state index contributed by atoms with van der Waals surface area (Å²) in [6.45, 7) is 0. The van der Waals surface area contributed by atoms with E-state index in [1.54, 1.807) is 0 Å². The lowest BCUT2D eigenvalue weighted by Gasteiger charge is -2.18. The molecule has 1 heterocycles. The largest absolute Gasteiger partial charge is 0.135 e. The van der Waals surface area contributed by atoms with Gasteiger partial charge in [0.1, 0.15) is 0 Å². The number of rotatable bonds is 2. The zero-order valence-corrected chi connectivity index (χ0v) is 25.2. The number of fused-ring (bicyclic) bond motifs is 10. The summed E-state index contributed by atoms with van der Waals surface area (Å²) in [5.41, 5.74) is 5.12. The Morgan fingerprint density at radius 2 is 0.756 bits per heavy atom. The average molecular weight is 587 g/mol. The van der Waals surface area contributed by atoms with Crippen molar-refractivity contribution >= 4 is 85.4 Å². The Balaban J connectivity index is 1.25. The Bertz CT molecular complexity index is 2760. The molecule has 0 saturated heterocycles. The minimum atomic E-state index is 1.25. The molecule has 10 aromatic rings. The smallest absolute Gasteiger partial charge is 0.0433 e. The molecule has 10 rings (SSSR count). The Kier molecular flexibility index (Phi) is 5.25. The summed E-state index contributed by atoms with van der Waals surface area (Å²) >= 11 is 1.90. The fourth-order valence-electron chi connectivity index (χ4n) is 7.58. The van der Waals surface area contributed by atoms with Crippen LogP contribution in [-0.4, -0.2) is 0 Å². The van der Waals surface area contributed by atoms with Gasteiger partial charge in [0.05, 0.1) is 0 Å². The van der Waals surface area contributed by atoms with Crippen LogP contribution in [0.1, 0.15) is 0 Å². The van der Waals surface area contributed by atoms with Gasteiger partial charge < -0.3 is 0 Å². The average Bonchev–Trinajstić information content (AvgIpc) is 3.49. The van der Waals surface area contributed by atoms with Gasteiger partial charge in [-0.1, -0.05) is 140 Å². The molecule has 0 atom stereocenters. The summed E-state index contributed by atoms with van der Waals surface area (Å²) in [6, 6.07) is 58.5. The molecule has 208 valence electrons. The zero-order valence-electron chi connectivity index (χ0n) is 24.4. The Hall–Kier alpha value is -5.50. The lowest BCUT2D eigenvalue weighted by atomic mass is 9.85. The summed E-state index contributed by atoms with van der Waals surface area (Å²) < 4.78 is 2.70. The van der Waals surface area contributed by atoms with Gasteiger partial charge >= 0.3 is 0 Å². The van der Waals surface area contributed by atoms with Crippen molar-refractivity contribution in [3.63, 3.8) is 0 Å². The van der Waals surface area contributed by atoms with Crippen LogP contribution in [0.5, 0.6) is 0 Å². The Labute approximate surface area is 264 Å². The summed E-state index contributed by atoms with van der Waals surface area (Å²) in [7, 11) is 0. The topological polar surface area (TPSA) is 0 Å². The van der Waals surface area contributed by atoms with E-state index in [-0.39, 0.29) is 0 Å². The molecule has 0 aliphatic carbocycles. The van der Waals surface area contributed by atoms with E-state index in [1.165, 1.54) is 96.3 Å². The molecule has 0 unspecified atom stereocenters. The zero-order chi connectivity index (χ0) is 29.5. The lowest BCUT2D eigenvalue weighted by molar-refractivity contribution is 1.69. The second kappa shape index (κ2) is 9.50. The third kappa shape index (κ3) is 3.65. The van der Waals surface area contributed by atoms with Gasteiger partial charge in [-0.2, -0.15) is 0 Å². The molecule has 0 radical (unpaired) electrons. The molecular formula is C44H26S. The highest BCUT2D eigenvalue weighted by Gasteiger charge is 2.18. The van der Waals surface area contributed by atoms with Crippen molar-refractivity contribution in [1.82, 2.24) is 0 Å². The molecule has 0 spiro atoms. The molecule has 0 aliphatic heterocycles. The van der Waals surface area contributed by atoms with Gasteiger partial charge in [0.2, 0.25) is 0 Å². The predicted octanol–water partition coefficient (Wildman–Crippen LogP) is 13.2. The van der Waals surface area contributed by atoms with Crippen LogP contribution in [0.4, 0.5) is 0 Å². The van der Waals surface area contributed by atoms with E-state index in [4.69, 9.17) is 0 Å². The fourth-order valence-corrected chi connectivity index (χ4v) is 8.80. The van der Waals surface area contributed by atoms with Crippen LogP contribution < -0.4 is 0 Å². The fraction of sp³-hybridized carbons (Fsp3) is 0. The molecule has 45 heavy (non-hydrogen) atoms. The number of thiophene rings is 1.